The summed E-state index contributed by atoms with van der Waals surface area (Å²) < 4.78 is 0. The summed E-state index contributed by atoms with van der Waals surface area (Å²) in [4.78, 5) is 12.1. The van der Waals surface area contributed by atoms with Crippen molar-refractivity contribution in [2.24, 2.45) is 5.92 Å². The van der Waals surface area contributed by atoms with Gasteiger partial charge in [0, 0.05) is 11.5 Å². The number of carbonyl (C=O) groups excluding carboxylic acids is 1. The zero-order valence-corrected chi connectivity index (χ0v) is 9.36. The Balaban J connectivity index is 2.24. The lowest BCUT2D eigenvalue weighted by Gasteiger charge is -2.07. The molecule has 0 bridgehead atoms. The van der Waals surface area contributed by atoms with E-state index in [0.717, 1.165) is 23.8 Å². The van der Waals surface area contributed by atoms with Gasteiger partial charge >= 0.3 is 0 Å². The SMILES string of the molecule is Cc1ccc(C(=O)C2CC2)c2ccccc12. The molecule has 1 heteroatoms. The van der Waals surface area contributed by atoms with Gasteiger partial charge in [0.15, 0.2) is 5.78 Å². The van der Waals surface area contributed by atoms with Crippen molar-refractivity contribution in [3.8, 4) is 0 Å². The van der Waals surface area contributed by atoms with Crippen LogP contribution in [0.5, 0.6) is 0 Å². The summed E-state index contributed by atoms with van der Waals surface area (Å²) in [5, 5.41) is 2.31. The zero-order valence-electron chi connectivity index (χ0n) is 9.36. The van der Waals surface area contributed by atoms with Gasteiger partial charge < -0.3 is 0 Å². The quantitative estimate of drug-likeness (QED) is 0.690. The summed E-state index contributed by atoms with van der Waals surface area (Å²) >= 11 is 0. The van der Waals surface area contributed by atoms with Gasteiger partial charge in [0.25, 0.3) is 0 Å². The first-order valence-corrected chi connectivity index (χ1v) is 5.80. The van der Waals surface area contributed by atoms with Gasteiger partial charge in [-0.3, -0.25) is 4.79 Å². The Labute approximate surface area is 95.1 Å². The lowest BCUT2D eigenvalue weighted by atomic mass is 9.96. The van der Waals surface area contributed by atoms with Gasteiger partial charge in [-0.25, -0.2) is 0 Å². The molecule has 0 amide bonds. The van der Waals surface area contributed by atoms with E-state index in [-0.39, 0.29) is 0 Å². The Morgan fingerprint density at radius 3 is 2.44 bits per heavy atom. The van der Waals surface area contributed by atoms with Crippen LogP contribution in [0, 0.1) is 12.8 Å². The number of hydrogen-bond donors (Lipinski definition) is 0. The predicted octanol–water partition coefficient (Wildman–Crippen LogP) is 3.74. The van der Waals surface area contributed by atoms with Crippen molar-refractivity contribution in [1.82, 2.24) is 0 Å². The summed E-state index contributed by atoms with van der Waals surface area (Å²) in [5.41, 5.74) is 2.15. The van der Waals surface area contributed by atoms with Crippen LogP contribution in [0.15, 0.2) is 36.4 Å². The third kappa shape index (κ3) is 1.44. The second-order valence-corrected chi connectivity index (χ2v) is 4.61. The summed E-state index contributed by atoms with van der Waals surface area (Å²) in [5.74, 6) is 0.627. The van der Waals surface area contributed by atoms with Gasteiger partial charge in [-0.1, -0.05) is 36.4 Å². The molecule has 0 heterocycles. The second kappa shape index (κ2) is 3.44. The Morgan fingerprint density at radius 1 is 1.06 bits per heavy atom. The number of carbonyl (C=O) groups is 1. The average Bonchev–Trinajstić information content (AvgIpc) is 3.13. The van der Waals surface area contributed by atoms with Crippen LogP contribution >= 0.6 is 0 Å². The highest BCUT2D eigenvalue weighted by Gasteiger charge is 2.31. The van der Waals surface area contributed by atoms with Crippen molar-refractivity contribution < 1.29 is 4.79 Å². The van der Waals surface area contributed by atoms with E-state index < -0.39 is 0 Å². The number of aryl methyl sites for hydroxylation is 1. The molecular weight excluding hydrogens is 196 g/mol. The van der Waals surface area contributed by atoms with Crippen LogP contribution in [-0.2, 0) is 0 Å². The molecule has 0 aliphatic heterocycles. The molecule has 0 spiro atoms. The first-order valence-electron chi connectivity index (χ1n) is 5.80. The molecule has 1 aliphatic carbocycles. The molecule has 0 unspecified atom stereocenters. The standard InChI is InChI=1S/C15H14O/c1-10-6-9-14(15(16)11-7-8-11)13-5-3-2-4-12(10)13/h2-6,9,11H,7-8H2,1H3. The van der Waals surface area contributed by atoms with E-state index in [1.54, 1.807) is 0 Å². The molecule has 0 saturated heterocycles. The molecule has 0 radical (unpaired) electrons. The van der Waals surface area contributed by atoms with E-state index in [1.807, 2.05) is 18.2 Å². The first kappa shape index (κ1) is 9.59. The second-order valence-electron chi connectivity index (χ2n) is 4.61. The Morgan fingerprint density at radius 2 is 1.75 bits per heavy atom. The van der Waals surface area contributed by atoms with Crippen LogP contribution < -0.4 is 0 Å². The van der Waals surface area contributed by atoms with E-state index in [9.17, 15) is 4.79 Å². The highest BCUT2D eigenvalue weighted by atomic mass is 16.1. The van der Waals surface area contributed by atoms with Crippen molar-refractivity contribution in [2.45, 2.75) is 19.8 Å². The highest BCUT2D eigenvalue weighted by molar-refractivity contribution is 6.10. The molecule has 1 aliphatic rings. The summed E-state index contributed by atoms with van der Waals surface area (Å²) in [6.45, 7) is 2.09. The van der Waals surface area contributed by atoms with Crippen LogP contribution in [0.1, 0.15) is 28.8 Å². The summed E-state index contributed by atoms with van der Waals surface area (Å²) in [6, 6.07) is 12.2. The Hall–Kier alpha value is -1.63. The molecule has 1 saturated carbocycles. The molecule has 3 rings (SSSR count). The fourth-order valence-electron chi connectivity index (χ4n) is 2.23. The van der Waals surface area contributed by atoms with Crippen LogP contribution in [0.25, 0.3) is 10.8 Å². The Bertz CT molecular complexity index is 565. The van der Waals surface area contributed by atoms with Crippen LogP contribution in [0.2, 0.25) is 0 Å². The van der Waals surface area contributed by atoms with Crippen molar-refractivity contribution in [2.75, 3.05) is 0 Å². The number of benzene rings is 2. The fourth-order valence-corrected chi connectivity index (χ4v) is 2.23. The molecule has 1 nitrogen and oxygen atoms in total. The number of Topliss-reactive ketones (excluding diaryl/α,β-unsaturated/α-hetero) is 1. The third-order valence-electron chi connectivity index (χ3n) is 3.36. The van der Waals surface area contributed by atoms with Gasteiger partial charge in [-0.05, 0) is 36.1 Å². The molecule has 0 aromatic heterocycles. The summed E-state index contributed by atoms with van der Waals surface area (Å²) in [7, 11) is 0. The minimum absolute atomic E-state index is 0.297. The van der Waals surface area contributed by atoms with E-state index in [4.69, 9.17) is 0 Å². The van der Waals surface area contributed by atoms with E-state index in [0.29, 0.717) is 11.7 Å². The third-order valence-corrected chi connectivity index (χ3v) is 3.36. The Kier molecular flexibility index (Phi) is 2.06. The van der Waals surface area contributed by atoms with Crippen LogP contribution in [-0.4, -0.2) is 5.78 Å². The number of ketones is 1. The van der Waals surface area contributed by atoms with E-state index >= 15 is 0 Å². The topological polar surface area (TPSA) is 17.1 Å². The van der Waals surface area contributed by atoms with Crippen molar-refractivity contribution in [3.05, 3.63) is 47.5 Å². The normalized spacial score (nSPS) is 15.3. The lowest BCUT2D eigenvalue weighted by molar-refractivity contribution is 0.0969. The minimum atomic E-state index is 0.297. The maximum Gasteiger partial charge on any atom is 0.166 e. The molecule has 80 valence electrons. The highest BCUT2D eigenvalue weighted by Crippen LogP contribution is 2.35. The largest absolute Gasteiger partial charge is 0.294 e. The van der Waals surface area contributed by atoms with Gasteiger partial charge in [-0.15, -0.1) is 0 Å². The molecule has 1 fully saturated rings. The average molecular weight is 210 g/mol. The fraction of sp³-hybridized carbons (Fsp3) is 0.267. The van der Waals surface area contributed by atoms with Crippen molar-refractivity contribution in [3.63, 3.8) is 0 Å². The number of rotatable bonds is 2. The molecule has 2 aromatic carbocycles. The predicted molar refractivity (Wildman–Crippen MR) is 65.7 cm³/mol. The molecule has 0 N–H and O–H groups in total. The van der Waals surface area contributed by atoms with Gasteiger partial charge in [0.1, 0.15) is 0 Å². The minimum Gasteiger partial charge on any atom is -0.294 e. The molecular formula is C15H14O. The monoisotopic (exact) mass is 210 g/mol. The van der Waals surface area contributed by atoms with Crippen LogP contribution in [0.4, 0.5) is 0 Å². The zero-order chi connectivity index (χ0) is 11.1. The smallest absolute Gasteiger partial charge is 0.166 e. The van der Waals surface area contributed by atoms with Crippen molar-refractivity contribution in [1.29, 1.82) is 0 Å². The lowest BCUT2D eigenvalue weighted by Crippen LogP contribution is -2.02. The molecule has 0 atom stereocenters. The maximum absolute atomic E-state index is 12.1. The van der Waals surface area contributed by atoms with Gasteiger partial charge in [0.05, 0.1) is 0 Å². The van der Waals surface area contributed by atoms with Gasteiger partial charge in [0.2, 0.25) is 0 Å². The van der Waals surface area contributed by atoms with E-state index in [2.05, 4.69) is 25.1 Å². The van der Waals surface area contributed by atoms with Gasteiger partial charge in [-0.2, -0.15) is 0 Å². The molecule has 2 aromatic rings. The van der Waals surface area contributed by atoms with E-state index in [1.165, 1.54) is 10.9 Å². The number of hydrogen-bond acceptors (Lipinski definition) is 1. The van der Waals surface area contributed by atoms with Crippen molar-refractivity contribution >= 4 is 16.6 Å². The number of fused-ring (bicyclic) bond motifs is 1. The summed E-state index contributed by atoms with van der Waals surface area (Å²) in [6.07, 6.45) is 2.14. The maximum atomic E-state index is 12.1. The van der Waals surface area contributed by atoms with Crippen LogP contribution in [0.3, 0.4) is 0 Å². The molecule has 16 heavy (non-hydrogen) atoms. The first-order chi connectivity index (χ1) is 7.77.